The largest absolute Gasteiger partial charge is 0.326 e. The van der Waals surface area contributed by atoms with Crippen LogP contribution < -0.4 is 5.73 Å². The molecule has 2 N–H and O–H groups in total. The first kappa shape index (κ1) is 12.1. The molecule has 1 saturated heterocycles. The summed E-state index contributed by atoms with van der Waals surface area (Å²) in [5.74, 6) is 0.591. The summed E-state index contributed by atoms with van der Waals surface area (Å²) in [5.41, 5.74) is 8.31. The van der Waals surface area contributed by atoms with Crippen molar-refractivity contribution in [2.45, 2.75) is 26.4 Å². The third kappa shape index (κ3) is 2.17. The van der Waals surface area contributed by atoms with Gasteiger partial charge in [0.2, 0.25) is 0 Å². The van der Waals surface area contributed by atoms with E-state index < -0.39 is 0 Å². The minimum absolute atomic E-state index is 0.313. The molecule has 1 aliphatic rings. The van der Waals surface area contributed by atoms with Gasteiger partial charge in [-0.25, -0.2) is 0 Å². The van der Waals surface area contributed by atoms with Crippen molar-refractivity contribution < 1.29 is 0 Å². The molecule has 0 radical (unpaired) electrons. The molecular weight excluding hydrogens is 268 g/mol. The zero-order valence-electron chi connectivity index (χ0n) is 10.1. The van der Waals surface area contributed by atoms with Crippen LogP contribution in [0.5, 0.6) is 0 Å². The third-order valence-electron chi connectivity index (χ3n) is 3.38. The van der Waals surface area contributed by atoms with Crippen molar-refractivity contribution in [2.75, 3.05) is 13.1 Å². The molecule has 4 nitrogen and oxygen atoms in total. The van der Waals surface area contributed by atoms with Gasteiger partial charge in [0.1, 0.15) is 0 Å². The smallest absolute Gasteiger partial charge is 0.0739 e. The Morgan fingerprint density at radius 3 is 2.62 bits per heavy atom. The highest BCUT2D eigenvalue weighted by Gasteiger charge is 2.27. The molecule has 16 heavy (non-hydrogen) atoms. The predicted molar refractivity (Wildman–Crippen MR) is 68.1 cm³/mol. The summed E-state index contributed by atoms with van der Waals surface area (Å²) in [4.78, 5) is 2.40. The predicted octanol–water partition coefficient (Wildman–Crippen LogP) is 1.27. The Bertz CT molecular complexity index is 378. The van der Waals surface area contributed by atoms with Crippen molar-refractivity contribution in [3.8, 4) is 0 Å². The summed E-state index contributed by atoms with van der Waals surface area (Å²) in [5, 5.41) is 4.40. The topological polar surface area (TPSA) is 47.1 Å². The quantitative estimate of drug-likeness (QED) is 0.891. The van der Waals surface area contributed by atoms with Gasteiger partial charge in [0.15, 0.2) is 0 Å². The molecule has 2 heterocycles. The fourth-order valence-corrected chi connectivity index (χ4v) is 2.75. The highest BCUT2D eigenvalue weighted by atomic mass is 79.9. The summed E-state index contributed by atoms with van der Waals surface area (Å²) in [6.45, 7) is 7.23. The van der Waals surface area contributed by atoms with Crippen molar-refractivity contribution in [3.63, 3.8) is 0 Å². The van der Waals surface area contributed by atoms with Gasteiger partial charge in [0, 0.05) is 32.7 Å². The van der Waals surface area contributed by atoms with Gasteiger partial charge in [-0.05, 0) is 28.8 Å². The molecule has 0 spiro atoms. The van der Waals surface area contributed by atoms with Gasteiger partial charge in [-0.3, -0.25) is 9.58 Å². The minimum Gasteiger partial charge on any atom is -0.326 e. The molecule has 0 amide bonds. The number of likely N-dealkylation sites (tertiary alicyclic amines) is 1. The number of hydrogen-bond acceptors (Lipinski definition) is 3. The summed E-state index contributed by atoms with van der Waals surface area (Å²) < 4.78 is 3.08. The summed E-state index contributed by atoms with van der Waals surface area (Å²) >= 11 is 3.60. The third-order valence-corrected chi connectivity index (χ3v) is 4.41. The second-order valence-corrected chi connectivity index (χ2v) is 5.60. The normalized spacial score (nSPS) is 26.6. The Morgan fingerprint density at radius 2 is 2.19 bits per heavy atom. The van der Waals surface area contributed by atoms with Gasteiger partial charge < -0.3 is 5.73 Å². The molecule has 1 fully saturated rings. The fourth-order valence-electron chi connectivity index (χ4n) is 2.29. The molecule has 2 atom stereocenters. The van der Waals surface area contributed by atoms with Crippen molar-refractivity contribution in [1.29, 1.82) is 0 Å². The van der Waals surface area contributed by atoms with E-state index in [4.69, 9.17) is 5.73 Å². The van der Waals surface area contributed by atoms with Crippen LogP contribution in [0.15, 0.2) is 4.47 Å². The SMILES string of the molecule is Cc1nn(C)c(CN2CC(C)C(N)C2)c1Br. The second kappa shape index (κ2) is 4.47. The number of aromatic nitrogens is 2. The summed E-state index contributed by atoms with van der Waals surface area (Å²) in [6.07, 6.45) is 0. The Balaban J connectivity index is 2.10. The molecule has 0 aliphatic carbocycles. The van der Waals surface area contributed by atoms with Crippen molar-refractivity contribution in [3.05, 3.63) is 15.9 Å². The average molecular weight is 287 g/mol. The van der Waals surface area contributed by atoms with Crippen molar-refractivity contribution >= 4 is 15.9 Å². The van der Waals surface area contributed by atoms with E-state index in [-0.39, 0.29) is 0 Å². The number of aryl methyl sites for hydroxylation is 2. The molecule has 2 rings (SSSR count). The lowest BCUT2D eigenvalue weighted by molar-refractivity contribution is 0.309. The number of nitrogens with zero attached hydrogens (tertiary/aromatic N) is 3. The highest BCUT2D eigenvalue weighted by molar-refractivity contribution is 9.10. The minimum atomic E-state index is 0.313. The Kier molecular flexibility index (Phi) is 3.37. The van der Waals surface area contributed by atoms with E-state index >= 15 is 0 Å². The van der Waals surface area contributed by atoms with E-state index in [1.54, 1.807) is 0 Å². The maximum atomic E-state index is 6.03. The van der Waals surface area contributed by atoms with Crippen LogP contribution >= 0.6 is 15.9 Å². The van der Waals surface area contributed by atoms with Gasteiger partial charge in [-0.2, -0.15) is 5.10 Å². The zero-order chi connectivity index (χ0) is 11.9. The van der Waals surface area contributed by atoms with E-state index in [1.807, 2.05) is 18.7 Å². The van der Waals surface area contributed by atoms with Crippen molar-refractivity contribution in [1.82, 2.24) is 14.7 Å². The molecule has 90 valence electrons. The molecule has 1 aromatic rings. The van der Waals surface area contributed by atoms with E-state index in [0.717, 1.165) is 29.8 Å². The zero-order valence-corrected chi connectivity index (χ0v) is 11.7. The molecule has 0 aromatic carbocycles. The maximum Gasteiger partial charge on any atom is 0.0739 e. The second-order valence-electron chi connectivity index (χ2n) is 4.80. The van der Waals surface area contributed by atoms with E-state index in [0.29, 0.717) is 12.0 Å². The van der Waals surface area contributed by atoms with Crippen LogP contribution in [0.3, 0.4) is 0 Å². The lowest BCUT2D eigenvalue weighted by Gasteiger charge is -2.15. The molecule has 0 bridgehead atoms. The Labute approximate surface area is 105 Å². The Morgan fingerprint density at radius 1 is 1.50 bits per heavy atom. The molecule has 0 saturated carbocycles. The maximum absolute atomic E-state index is 6.03. The van der Waals surface area contributed by atoms with Gasteiger partial charge in [0.05, 0.1) is 15.9 Å². The molecule has 1 aliphatic heterocycles. The highest BCUT2D eigenvalue weighted by Crippen LogP contribution is 2.24. The monoisotopic (exact) mass is 286 g/mol. The van der Waals surface area contributed by atoms with Crippen LogP contribution in [0.4, 0.5) is 0 Å². The van der Waals surface area contributed by atoms with Gasteiger partial charge >= 0.3 is 0 Å². The number of rotatable bonds is 2. The van der Waals surface area contributed by atoms with Gasteiger partial charge in [-0.15, -0.1) is 0 Å². The van der Waals surface area contributed by atoms with E-state index in [9.17, 15) is 0 Å². The first-order valence-electron chi connectivity index (χ1n) is 5.65. The summed E-state index contributed by atoms with van der Waals surface area (Å²) in [7, 11) is 1.99. The lowest BCUT2D eigenvalue weighted by Crippen LogP contribution is -2.28. The van der Waals surface area contributed by atoms with E-state index in [2.05, 4.69) is 32.9 Å². The standard InChI is InChI=1S/C11H19BrN4/c1-7-4-16(5-9(7)13)6-10-11(12)8(2)14-15(10)3/h7,9H,4-6,13H2,1-3H3. The molecule has 5 heteroatoms. The van der Waals surface area contributed by atoms with Crippen molar-refractivity contribution in [2.24, 2.45) is 18.7 Å². The fraction of sp³-hybridized carbons (Fsp3) is 0.727. The number of halogens is 1. The first-order valence-corrected chi connectivity index (χ1v) is 6.44. The van der Waals surface area contributed by atoms with Crippen LogP contribution in [0, 0.1) is 12.8 Å². The Hall–Kier alpha value is -0.390. The van der Waals surface area contributed by atoms with Crippen LogP contribution in [0.25, 0.3) is 0 Å². The van der Waals surface area contributed by atoms with Crippen LogP contribution in [0.1, 0.15) is 18.3 Å². The molecular formula is C11H19BrN4. The van der Waals surface area contributed by atoms with Gasteiger partial charge in [0.25, 0.3) is 0 Å². The molecule has 1 aromatic heterocycles. The average Bonchev–Trinajstić information content (AvgIpc) is 2.63. The van der Waals surface area contributed by atoms with Crippen LogP contribution in [-0.2, 0) is 13.6 Å². The van der Waals surface area contributed by atoms with E-state index in [1.165, 1.54) is 5.69 Å². The van der Waals surface area contributed by atoms with Gasteiger partial charge in [-0.1, -0.05) is 6.92 Å². The lowest BCUT2D eigenvalue weighted by atomic mass is 10.1. The summed E-state index contributed by atoms with van der Waals surface area (Å²) in [6, 6.07) is 0.313. The number of hydrogen-bond donors (Lipinski definition) is 1. The van der Waals surface area contributed by atoms with Crippen LogP contribution in [-0.4, -0.2) is 33.8 Å². The van der Waals surface area contributed by atoms with Crippen LogP contribution in [0.2, 0.25) is 0 Å². The number of nitrogens with two attached hydrogens (primary N) is 1. The molecule has 2 unspecified atom stereocenters. The first-order chi connectivity index (χ1) is 7.49.